The van der Waals surface area contributed by atoms with Crippen LogP contribution < -0.4 is 10.5 Å². The van der Waals surface area contributed by atoms with Gasteiger partial charge in [0.25, 0.3) is 10.2 Å². The Morgan fingerprint density at radius 2 is 1.93 bits per heavy atom. The van der Waals surface area contributed by atoms with Crippen molar-refractivity contribution in [3.63, 3.8) is 0 Å². The van der Waals surface area contributed by atoms with Crippen molar-refractivity contribution in [3.8, 4) is 0 Å². The molecule has 15 heavy (non-hydrogen) atoms. The van der Waals surface area contributed by atoms with Gasteiger partial charge in [-0.1, -0.05) is 13.8 Å². The molecular formula is C9H21N3O2S. The Balaban J connectivity index is 2.30. The quantitative estimate of drug-likeness (QED) is 0.714. The fourth-order valence-corrected chi connectivity index (χ4v) is 2.49. The van der Waals surface area contributed by atoms with Crippen molar-refractivity contribution in [1.29, 1.82) is 0 Å². The lowest BCUT2D eigenvalue weighted by Crippen LogP contribution is -2.44. The van der Waals surface area contributed by atoms with E-state index in [-0.39, 0.29) is 0 Å². The van der Waals surface area contributed by atoms with Gasteiger partial charge < -0.3 is 5.32 Å². The van der Waals surface area contributed by atoms with Crippen molar-refractivity contribution < 1.29 is 8.42 Å². The van der Waals surface area contributed by atoms with Gasteiger partial charge in [-0.05, 0) is 25.3 Å². The number of rotatable bonds is 4. The molecule has 0 aromatic rings. The van der Waals surface area contributed by atoms with Gasteiger partial charge in [0.15, 0.2) is 0 Å². The second-order valence-electron chi connectivity index (χ2n) is 4.45. The monoisotopic (exact) mass is 235 g/mol. The van der Waals surface area contributed by atoms with Gasteiger partial charge in [0.05, 0.1) is 0 Å². The Morgan fingerprint density at radius 3 is 2.33 bits per heavy atom. The van der Waals surface area contributed by atoms with E-state index in [1.165, 1.54) is 4.31 Å². The van der Waals surface area contributed by atoms with Crippen molar-refractivity contribution in [3.05, 3.63) is 0 Å². The molecule has 0 aromatic heterocycles. The first kappa shape index (κ1) is 12.9. The van der Waals surface area contributed by atoms with E-state index in [1.54, 1.807) is 0 Å². The summed E-state index contributed by atoms with van der Waals surface area (Å²) in [7, 11) is -3.47. The van der Waals surface area contributed by atoms with Crippen LogP contribution in [0.15, 0.2) is 0 Å². The summed E-state index contributed by atoms with van der Waals surface area (Å²) in [6.07, 6.45) is 1.80. The standard InChI is InChI=1S/C9H21N3O2S/c1-8(2)11-7-9-3-5-12(6-4-9)15(10,13)14/h8-9,11H,3-7H2,1-2H3,(H2,10,13,14). The molecule has 90 valence electrons. The second-order valence-corrected chi connectivity index (χ2v) is 6.00. The van der Waals surface area contributed by atoms with Crippen molar-refractivity contribution in [2.75, 3.05) is 19.6 Å². The Morgan fingerprint density at radius 1 is 1.40 bits per heavy atom. The van der Waals surface area contributed by atoms with Crippen LogP contribution >= 0.6 is 0 Å². The largest absolute Gasteiger partial charge is 0.314 e. The molecule has 1 aliphatic rings. The predicted octanol–water partition coefficient (Wildman–Crippen LogP) is -0.100. The normalized spacial score (nSPS) is 21.1. The lowest BCUT2D eigenvalue weighted by atomic mass is 9.98. The molecule has 3 N–H and O–H groups in total. The smallest absolute Gasteiger partial charge is 0.276 e. The Labute approximate surface area is 92.2 Å². The molecule has 1 fully saturated rings. The lowest BCUT2D eigenvalue weighted by molar-refractivity contribution is 0.264. The minimum absolute atomic E-state index is 0.487. The highest BCUT2D eigenvalue weighted by Gasteiger charge is 2.24. The summed E-state index contributed by atoms with van der Waals surface area (Å²) in [6, 6.07) is 0.487. The van der Waals surface area contributed by atoms with E-state index in [0.29, 0.717) is 25.0 Å². The highest BCUT2D eigenvalue weighted by atomic mass is 32.2. The molecule has 0 atom stereocenters. The Hall–Kier alpha value is -0.170. The molecular weight excluding hydrogens is 214 g/mol. The van der Waals surface area contributed by atoms with Crippen LogP contribution in [0.2, 0.25) is 0 Å². The Kier molecular flexibility index (Phi) is 4.51. The van der Waals surface area contributed by atoms with Gasteiger partial charge in [0.2, 0.25) is 0 Å². The third-order valence-corrected chi connectivity index (χ3v) is 3.83. The van der Waals surface area contributed by atoms with Crippen LogP contribution in [0.4, 0.5) is 0 Å². The molecule has 0 bridgehead atoms. The van der Waals surface area contributed by atoms with Crippen LogP contribution in [0.3, 0.4) is 0 Å². The number of hydrogen-bond donors (Lipinski definition) is 2. The predicted molar refractivity (Wildman–Crippen MR) is 60.5 cm³/mol. The number of nitrogens with two attached hydrogens (primary N) is 1. The van der Waals surface area contributed by atoms with Crippen molar-refractivity contribution >= 4 is 10.2 Å². The highest BCUT2D eigenvalue weighted by molar-refractivity contribution is 7.86. The van der Waals surface area contributed by atoms with Crippen LogP contribution in [-0.2, 0) is 10.2 Å². The van der Waals surface area contributed by atoms with Crippen LogP contribution in [0, 0.1) is 5.92 Å². The second kappa shape index (κ2) is 5.25. The fourth-order valence-electron chi connectivity index (χ4n) is 1.77. The molecule has 0 saturated carbocycles. The SMILES string of the molecule is CC(C)NCC1CCN(S(N)(=O)=O)CC1. The molecule has 0 amide bonds. The van der Waals surface area contributed by atoms with E-state index in [0.717, 1.165) is 19.4 Å². The number of nitrogens with one attached hydrogen (secondary N) is 1. The van der Waals surface area contributed by atoms with E-state index < -0.39 is 10.2 Å². The molecule has 0 radical (unpaired) electrons. The summed E-state index contributed by atoms with van der Waals surface area (Å²) in [5, 5.41) is 8.43. The first-order valence-electron chi connectivity index (χ1n) is 5.41. The third-order valence-electron chi connectivity index (χ3n) is 2.75. The van der Waals surface area contributed by atoms with Gasteiger partial charge in [-0.2, -0.15) is 12.7 Å². The molecule has 1 rings (SSSR count). The number of nitrogens with zero attached hydrogens (tertiary/aromatic N) is 1. The molecule has 0 spiro atoms. The average Bonchev–Trinajstić information content (AvgIpc) is 2.14. The van der Waals surface area contributed by atoms with Gasteiger partial charge in [-0.3, -0.25) is 0 Å². The zero-order chi connectivity index (χ0) is 11.5. The van der Waals surface area contributed by atoms with Crippen molar-refractivity contribution in [1.82, 2.24) is 9.62 Å². The van der Waals surface area contributed by atoms with E-state index in [2.05, 4.69) is 19.2 Å². The van der Waals surface area contributed by atoms with Gasteiger partial charge in [0, 0.05) is 19.1 Å². The zero-order valence-electron chi connectivity index (χ0n) is 9.44. The summed E-state index contributed by atoms with van der Waals surface area (Å²) >= 11 is 0. The fraction of sp³-hybridized carbons (Fsp3) is 1.00. The minimum Gasteiger partial charge on any atom is -0.314 e. The van der Waals surface area contributed by atoms with E-state index in [4.69, 9.17) is 5.14 Å². The maximum atomic E-state index is 11.0. The summed E-state index contributed by atoms with van der Waals surface area (Å²) in [5.41, 5.74) is 0. The topological polar surface area (TPSA) is 75.4 Å². The van der Waals surface area contributed by atoms with E-state index >= 15 is 0 Å². The summed E-state index contributed by atoms with van der Waals surface area (Å²) in [6.45, 7) is 6.31. The highest BCUT2D eigenvalue weighted by Crippen LogP contribution is 2.17. The molecule has 1 heterocycles. The maximum Gasteiger partial charge on any atom is 0.276 e. The van der Waals surface area contributed by atoms with Crippen LogP contribution in [0.1, 0.15) is 26.7 Å². The number of piperidine rings is 1. The third kappa shape index (κ3) is 4.46. The molecule has 1 aliphatic heterocycles. The lowest BCUT2D eigenvalue weighted by Gasteiger charge is -2.30. The molecule has 1 saturated heterocycles. The average molecular weight is 235 g/mol. The van der Waals surface area contributed by atoms with E-state index in [9.17, 15) is 8.42 Å². The first-order chi connectivity index (χ1) is 6.89. The van der Waals surface area contributed by atoms with Gasteiger partial charge in [-0.25, -0.2) is 5.14 Å². The summed E-state index contributed by atoms with van der Waals surface area (Å²) < 4.78 is 23.5. The van der Waals surface area contributed by atoms with Crippen LogP contribution in [0.25, 0.3) is 0 Å². The van der Waals surface area contributed by atoms with Gasteiger partial charge in [0.1, 0.15) is 0 Å². The number of hydrogen-bond acceptors (Lipinski definition) is 3. The zero-order valence-corrected chi connectivity index (χ0v) is 10.3. The maximum absolute atomic E-state index is 11.0. The molecule has 5 nitrogen and oxygen atoms in total. The van der Waals surface area contributed by atoms with E-state index in [1.807, 2.05) is 0 Å². The van der Waals surface area contributed by atoms with Crippen LogP contribution in [-0.4, -0.2) is 38.4 Å². The first-order valence-corrected chi connectivity index (χ1v) is 6.91. The summed E-state index contributed by atoms with van der Waals surface area (Å²) in [5.74, 6) is 0.574. The van der Waals surface area contributed by atoms with Crippen molar-refractivity contribution in [2.24, 2.45) is 11.1 Å². The Bertz CT molecular complexity index is 282. The molecule has 0 aromatic carbocycles. The van der Waals surface area contributed by atoms with Crippen molar-refractivity contribution in [2.45, 2.75) is 32.7 Å². The molecule has 0 aliphatic carbocycles. The molecule has 6 heteroatoms. The minimum atomic E-state index is -3.47. The van der Waals surface area contributed by atoms with Gasteiger partial charge >= 0.3 is 0 Å². The molecule has 0 unspecified atom stereocenters. The van der Waals surface area contributed by atoms with Gasteiger partial charge in [-0.15, -0.1) is 0 Å². The summed E-state index contributed by atoms with van der Waals surface area (Å²) in [4.78, 5) is 0. The van der Waals surface area contributed by atoms with Crippen LogP contribution in [0.5, 0.6) is 0 Å².